The minimum atomic E-state index is 0.0270. The topological polar surface area (TPSA) is 21.3 Å². The third-order valence-electron chi connectivity index (χ3n) is 3.10. The van der Waals surface area contributed by atoms with E-state index in [0.717, 1.165) is 13.0 Å². The van der Waals surface area contributed by atoms with Crippen molar-refractivity contribution in [3.8, 4) is 0 Å². The Bertz CT molecular complexity index is 299. The van der Waals surface area contributed by atoms with Crippen LogP contribution in [0.3, 0.4) is 0 Å². The van der Waals surface area contributed by atoms with Gasteiger partial charge in [-0.05, 0) is 25.8 Å². The number of hydrogen-bond donors (Lipinski definition) is 1. The lowest BCUT2D eigenvalue weighted by Gasteiger charge is -2.33. The van der Waals surface area contributed by atoms with Gasteiger partial charge in [0, 0.05) is 18.7 Å². The van der Waals surface area contributed by atoms with Crippen LogP contribution in [0.2, 0.25) is 0 Å². The Labute approximate surface area is 99.0 Å². The standard InChI is InChI=1S/C14H23NO/c1-5-14(3,15-12(2)11-16-4)13-9-7-6-8-10-13/h6-10,12,15H,5,11H2,1-4H3. The third kappa shape index (κ3) is 3.32. The highest BCUT2D eigenvalue weighted by Gasteiger charge is 2.25. The van der Waals surface area contributed by atoms with Crippen LogP contribution in [0.1, 0.15) is 32.8 Å². The fourth-order valence-corrected chi connectivity index (χ4v) is 2.03. The normalized spacial score (nSPS) is 16.8. The second-order valence-electron chi connectivity index (χ2n) is 4.55. The molecule has 0 amide bonds. The summed E-state index contributed by atoms with van der Waals surface area (Å²) in [6, 6.07) is 10.9. The van der Waals surface area contributed by atoms with Crippen molar-refractivity contribution in [1.29, 1.82) is 0 Å². The minimum absolute atomic E-state index is 0.0270. The van der Waals surface area contributed by atoms with Crippen LogP contribution in [0.5, 0.6) is 0 Å². The van der Waals surface area contributed by atoms with Crippen molar-refractivity contribution >= 4 is 0 Å². The predicted octanol–water partition coefficient (Wildman–Crippen LogP) is 2.94. The van der Waals surface area contributed by atoms with Gasteiger partial charge in [-0.3, -0.25) is 0 Å². The maximum atomic E-state index is 5.17. The molecule has 0 saturated heterocycles. The maximum absolute atomic E-state index is 5.17. The Kier molecular flexibility index (Phi) is 4.97. The van der Waals surface area contributed by atoms with Crippen molar-refractivity contribution < 1.29 is 4.74 Å². The summed E-state index contributed by atoms with van der Waals surface area (Å²) in [5.74, 6) is 0. The summed E-state index contributed by atoms with van der Waals surface area (Å²) in [5.41, 5.74) is 1.36. The van der Waals surface area contributed by atoms with Crippen molar-refractivity contribution in [3.05, 3.63) is 35.9 Å². The molecule has 0 spiro atoms. The molecule has 2 unspecified atom stereocenters. The van der Waals surface area contributed by atoms with Gasteiger partial charge in [-0.1, -0.05) is 37.3 Å². The number of rotatable bonds is 6. The SMILES string of the molecule is CCC(C)(NC(C)COC)c1ccccc1. The number of hydrogen-bond acceptors (Lipinski definition) is 2. The lowest BCUT2D eigenvalue weighted by molar-refractivity contribution is 0.152. The summed E-state index contributed by atoms with van der Waals surface area (Å²) in [6.45, 7) is 7.34. The second kappa shape index (κ2) is 6.02. The molecule has 0 heterocycles. The molecule has 0 aliphatic carbocycles. The lowest BCUT2D eigenvalue weighted by atomic mass is 9.88. The van der Waals surface area contributed by atoms with Crippen LogP contribution in [0.25, 0.3) is 0 Å². The largest absolute Gasteiger partial charge is 0.383 e. The van der Waals surface area contributed by atoms with Crippen molar-refractivity contribution in [2.24, 2.45) is 0 Å². The number of ether oxygens (including phenoxy) is 1. The molecule has 2 atom stereocenters. The smallest absolute Gasteiger partial charge is 0.0613 e. The van der Waals surface area contributed by atoms with E-state index in [1.807, 2.05) is 0 Å². The van der Waals surface area contributed by atoms with Crippen molar-refractivity contribution in [1.82, 2.24) is 5.32 Å². The lowest BCUT2D eigenvalue weighted by Crippen LogP contribution is -2.46. The highest BCUT2D eigenvalue weighted by atomic mass is 16.5. The average Bonchev–Trinajstić information content (AvgIpc) is 2.30. The van der Waals surface area contributed by atoms with Gasteiger partial charge in [0.15, 0.2) is 0 Å². The molecule has 1 N–H and O–H groups in total. The molecule has 2 heteroatoms. The first-order valence-electron chi connectivity index (χ1n) is 5.94. The molecule has 1 rings (SSSR count). The third-order valence-corrected chi connectivity index (χ3v) is 3.10. The molecule has 0 saturated carbocycles. The van der Waals surface area contributed by atoms with Gasteiger partial charge in [0.1, 0.15) is 0 Å². The van der Waals surface area contributed by atoms with Crippen molar-refractivity contribution in [2.75, 3.05) is 13.7 Å². The van der Waals surface area contributed by atoms with Crippen LogP contribution >= 0.6 is 0 Å². The Morgan fingerprint density at radius 3 is 2.44 bits per heavy atom. The quantitative estimate of drug-likeness (QED) is 0.797. The maximum Gasteiger partial charge on any atom is 0.0613 e. The average molecular weight is 221 g/mol. The van der Waals surface area contributed by atoms with Gasteiger partial charge in [-0.15, -0.1) is 0 Å². The molecule has 90 valence electrons. The summed E-state index contributed by atoms with van der Waals surface area (Å²) < 4.78 is 5.17. The first kappa shape index (κ1) is 13.2. The van der Waals surface area contributed by atoms with Crippen LogP contribution in [0, 0.1) is 0 Å². The molecule has 16 heavy (non-hydrogen) atoms. The van der Waals surface area contributed by atoms with Crippen LogP contribution in [-0.2, 0) is 10.3 Å². The Morgan fingerprint density at radius 2 is 1.94 bits per heavy atom. The van der Waals surface area contributed by atoms with Gasteiger partial charge in [0.05, 0.1) is 6.61 Å². The van der Waals surface area contributed by atoms with E-state index in [-0.39, 0.29) is 5.54 Å². The fraction of sp³-hybridized carbons (Fsp3) is 0.571. The summed E-state index contributed by atoms with van der Waals surface area (Å²) in [6.07, 6.45) is 1.06. The van der Waals surface area contributed by atoms with Gasteiger partial charge in [0.25, 0.3) is 0 Å². The monoisotopic (exact) mass is 221 g/mol. The molecule has 0 aromatic heterocycles. The van der Waals surface area contributed by atoms with Crippen LogP contribution in [-0.4, -0.2) is 19.8 Å². The summed E-state index contributed by atoms with van der Waals surface area (Å²) >= 11 is 0. The van der Waals surface area contributed by atoms with Gasteiger partial charge in [-0.2, -0.15) is 0 Å². The zero-order valence-corrected chi connectivity index (χ0v) is 10.8. The first-order chi connectivity index (χ1) is 7.62. The van der Waals surface area contributed by atoms with E-state index in [9.17, 15) is 0 Å². The van der Waals surface area contributed by atoms with Gasteiger partial charge < -0.3 is 10.1 Å². The van der Waals surface area contributed by atoms with Crippen LogP contribution < -0.4 is 5.32 Å². The first-order valence-corrected chi connectivity index (χ1v) is 5.94. The Hall–Kier alpha value is -0.860. The summed E-state index contributed by atoms with van der Waals surface area (Å²) in [5, 5.41) is 3.64. The molecular weight excluding hydrogens is 198 g/mol. The van der Waals surface area contributed by atoms with Crippen molar-refractivity contribution in [3.63, 3.8) is 0 Å². The van der Waals surface area contributed by atoms with Crippen molar-refractivity contribution in [2.45, 2.75) is 38.8 Å². The van der Waals surface area contributed by atoms with E-state index in [2.05, 4.69) is 56.4 Å². The molecule has 0 aliphatic rings. The van der Waals surface area contributed by atoms with E-state index < -0.39 is 0 Å². The predicted molar refractivity (Wildman–Crippen MR) is 68.6 cm³/mol. The molecule has 2 nitrogen and oxygen atoms in total. The molecular formula is C14H23NO. The number of nitrogens with one attached hydrogen (secondary N) is 1. The summed E-state index contributed by atoms with van der Waals surface area (Å²) in [4.78, 5) is 0. The number of benzene rings is 1. The zero-order valence-electron chi connectivity index (χ0n) is 10.8. The highest BCUT2D eigenvalue weighted by molar-refractivity contribution is 5.23. The van der Waals surface area contributed by atoms with Gasteiger partial charge in [-0.25, -0.2) is 0 Å². The van der Waals surface area contributed by atoms with E-state index >= 15 is 0 Å². The molecule has 1 aromatic carbocycles. The molecule has 1 aromatic rings. The Balaban J connectivity index is 2.78. The van der Waals surface area contributed by atoms with Crippen LogP contribution in [0.4, 0.5) is 0 Å². The molecule has 0 aliphatic heterocycles. The fourth-order valence-electron chi connectivity index (χ4n) is 2.03. The second-order valence-corrected chi connectivity index (χ2v) is 4.55. The Morgan fingerprint density at radius 1 is 1.31 bits per heavy atom. The van der Waals surface area contributed by atoms with E-state index in [4.69, 9.17) is 4.74 Å². The summed E-state index contributed by atoms with van der Waals surface area (Å²) in [7, 11) is 1.74. The van der Waals surface area contributed by atoms with E-state index in [1.54, 1.807) is 7.11 Å². The van der Waals surface area contributed by atoms with E-state index in [1.165, 1.54) is 5.56 Å². The van der Waals surface area contributed by atoms with Gasteiger partial charge in [0.2, 0.25) is 0 Å². The number of methoxy groups -OCH3 is 1. The minimum Gasteiger partial charge on any atom is -0.383 e. The molecule has 0 fully saturated rings. The highest BCUT2D eigenvalue weighted by Crippen LogP contribution is 2.24. The van der Waals surface area contributed by atoms with Gasteiger partial charge >= 0.3 is 0 Å². The van der Waals surface area contributed by atoms with Crippen LogP contribution in [0.15, 0.2) is 30.3 Å². The molecule has 0 radical (unpaired) electrons. The zero-order chi connectivity index (χ0) is 12.0. The van der Waals surface area contributed by atoms with E-state index in [0.29, 0.717) is 6.04 Å². The molecule has 0 bridgehead atoms.